The van der Waals surface area contributed by atoms with Crippen molar-refractivity contribution >= 4 is 34.7 Å². The van der Waals surface area contributed by atoms with Crippen LogP contribution in [0.25, 0.3) is 0 Å². The van der Waals surface area contributed by atoms with Gasteiger partial charge in [-0.3, -0.25) is 19.4 Å². The Balaban J connectivity index is 1.17. The zero-order chi connectivity index (χ0) is 27.2. The molecule has 2 aliphatic rings. The van der Waals surface area contributed by atoms with Gasteiger partial charge in [0.2, 0.25) is 11.8 Å². The van der Waals surface area contributed by atoms with Gasteiger partial charge in [-0.1, -0.05) is 6.07 Å². The van der Waals surface area contributed by atoms with E-state index in [2.05, 4.69) is 15.6 Å². The van der Waals surface area contributed by atoms with Gasteiger partial charge in [0.1, 0.15) is 18.5 Å². The molecule has 5 rings (SSSR count). The Morgan fingerprint density at radius 3 is 2.77 bits per heavy atom. The van der Waals surface area contributed by atoms with Gasteiger partial charge in [0.05, 0.1) is 30.6 Å². The zero-order valence-electron chi connectivity index (χ0n) is 21.8. The topological polar surface area (TPSA) is 110 Å². The number of benzene rings is 1. The monoisotopic (exact) mass is 548 g/mol. The number of thiophene rings is 1. The number of nitrogens with one attached hydrogen (secondary N) is 2. The summed E-state index contributed by atoms with van der Waals surface area (Å²) in [5.74, 6) is 0.0620. The molecule has 1 aromatic carbocycles. The minimum atomic E-state index is -0.347. The highest BCUT2D eigenvalue weighted by Crippen LogP contribution is 2.32. The van der Waals surface area contributed by atoms with Crippen molar-refractivity contribution in [1.29, 1.82) is 0 Å². The van der Waals surface area contributed by atoms with Crippen molar-refractivity contribution in [1.82, 2.24) is 15.2 Å². The second-order valence-corrected chi connectivity index (χ2v) is 10.9. The third kappa shape index (κ3) is 6.82. The van der Waals surface area contributed by atoms with Crippen molar-refractivity contribution in [2.24, 2.45) is 0 Å². The first-order valence-corrected chi connectivity index (χ1v) is 14.0. The highest BCUT2D eigenvalue weighted by molar-refractivity contribution is 7.10. The molecule has 2 aromatic heterocycles. The van der Waals surface area contributed by atoms with Crippen LogP contribution in [0.4, 0.5) is 5.69 Å². The van der Waals surface area contributed by atoms with Gasteiger partial charge in [0, 0.05) is 36.6 Å². The second-order valence-electron chi connectivity index (χ2n) is 9.84. The number of nitrogens with zero attached hydrogens (tertiary/aromatic N) is 2. The molecule has 4 heterocycles. The standard InChI is InChI=1S/C29H32N4O5S/c1-33-24-6-5-21(16-27(34)31-13-10-19-8-11-30-12-9-19)38-26(24)18-37-25-7-4-20(15-23(25)29(33)36)32-28(35)17-22-3-2-14-39-22/h2-4,7-9,11-12,14-15,21,24,26H,5-6,10,13,16-18H2,1H3,(H,31,34)(H,32,35)/t21-,24-,26-/m0/s1. The van der Waals surface area contributed by atoms with E-state index in [1.807, 2.05) is 29.6 Å². The Kier molecular flexibility index (Phi) is 8.53. The van der Waals surface area contributed by atoms with Crippen LogP contribution in [0.2, 0.25) is 0 Å². The molecule has 1 fully saturated rings. The molecule has 0 spiro atoms. The van der Waals surface area contributed by atoms with Crippen molar-refractivity contribution in [2.75, 3.05) is 25.5 Å². The minimum Gasteiger partial charge on any atom is -0.490 e. The van der Waals surface area contributed by atoms with Crippen LogP contribution in [0.1, 0.15) is 40.1 Å². The van der Waals surface area contributed by atoms with Crippen molar-refractivity contribution in [3.8, 4) is 5.75 Å². The number of amides is 3. The van der Waals surface area contributed by atoms with Gasteiger partial charge in [0.25, 0.3) is 5.91 Å². The van der Waals surface area contributed by atoms with E-state index < -0.39 is 0 Å². The normalized spacial score (nSPS) is 20.6. The Labute approximate surface area is 231 Å². The molecular formula is C29H32N4O5S. The first-order chi connectivity index (χ1) is 19.0. The molecule has 0 bridgehead atoms. The summed E-state index contributed by atoms with van der Waals surface area (Å²) >= 11 is 1.53. The molecule has 3 amide bonds. The average molecular weight is 549 g/mol. The van der Waals surface area contributed by atoms with E-state index in [1.165, 1.54) is 11.3 Å². The summed E-state index contributed by atoms with van der Waals surface area (Å²) in [5.41, 5.74) is 2.07. The number of anilines is 1. The number of fused-ring (bicyclic) bond motifs is 2. The lowest BCUT2D eigenvalue weighted by Crippen LogP contribution is -2.54. The third-order valence-corrected chi connectivity index (χ3v) is 7.98. The van der Waals surface area contributed by atoms with E-state index in [1.54, 1.807) is 42.5 Å². The molecule has 2 N–H and O–H groups in total. The van der Waals surface area contributed by atoms with Gasteiger partial charge < -0.3 is 25.0 Å². The highest BCUT2D eigenvalue weighted by Gasteiger charge is 2.39. The molecule has 204 valence electrons. The van der Waals surface area contributed by atoms with Crippen LogP contribution < -0.4 is 15.4 Å². The number of carbonyl (C=O) groups is 3. The van der Waals surface area contributed by atoms with Gasteiger partial charge in [0.15, 0.2) is 0 Å². The molecule has 2 aliphatic heterocycles. The molecule has 9 nitrogen and oxygen atoms in total. The van der Waals surface area contributed by atoms with E-state index >= 15 is 0 Å². The van der Waals surface area contributed by atoms with Crippen LogP contribution in [0.3, 0.4) is 0 Å². The van der Waals surface area contributed by atoms with Gasteiger partial charge in [-0.15, -0.1) is 11.3 Å². The number of pyridine rings is 1. The van der Waals surface area contributed by atoms with Crippen molar-refractivity contribution in [3.05, 3.63) is 76.2 Å². The average Bonchev–Trinajstić information content (AvgIpc) is 3.44. The number of hydrogen-bond acceptors (Lipinski definition) is 7. The quantitative estimate of drug-likeness (QED) is 0.446. The lowest BCUT2D eigenvalue weighted by Gasteiger charge is -2.42. The Morgan fingerprint density at radius 1 is 1.13 bits per heavy atom. The number of likely N-dealkylation sites (N-methyl/N-ethyl adjacent to an activating group) is 1. The maximum Gasteiger partial charge on any atom is 0.257 e. The van der Waals surface area contributed by atoms with Gasteiger partial charge >= 0.3 is 0 Å². The van der Waals surface area contributed by atoms with Gasteiger partial charge in [-0.25, -0.2) is 0 Å². The predicted molar refractivity (Wildman–Crippen MR) is 148 cm³/mol. The molecule has 1 saturated heterocycles. The molecule has 0 aliphatic carbocycles. The van der Waals surface area contributed by atoms with Gasteiger partial charge in [-0.05, 0) is 66.6 Å². The highest BCUT2D eigenvalue weighted by atomic mass is 32.1. The Hall–Kier alpha value is -3.76. The molecule has 0 radical (unpaired) electrons. The number of rotatable bonds is 8. The Bertz CT molecular complexity index is 1300. The molecule has 0 saturated carbocycles. The number of ether oxygens (including phenoxy) is 2. The van der Waals surface area contributed by atoms with Crippen LogP contribution >= 0.6 is 11.3 Å². The first-order valence-electron chi connectivity index (χ1n) is 13.1. The van der Waals surface area contributed by atoms with Crippen molar-refractivity contribution in [2.45, 2.75) is 50.4 Å². The fourth-order valence-electron chi connectivity index (χ4n) is 5.06. The van der Waals surface area contributed by atoms with Crippen LogP contribution in [0, 0.1) is 0 Å². The van der Waals surface area contributed by atoms with E-state index in [0.29, 0.717) is 36.4 Å². The lowest BCUT2D eigenvalue weighted by atomic mass is 9.94. The molecule has 0 unspecified atom stereocenters. The van der Waals surface area contributed by atoms with Crippen molar-refractivity contribution < 1.29 is 23.9 Å². The fourth-order valence-corrected chi connectivity index (χ4v) is 5.76. The molecule has 3 aromatic rings. The maximum absolute atomic E-state index is 13.4. The minimum absolute atomic E-state index is 0.0531. The van der Waals surface area contributed by atoms with E-state index in [0.717, 1.165) is 16.9 Å². The summed E-state index contributed by atoms with van der Waals surface area (Å²) in [6, 6.07) is 12.6. The summed E-state index contributed by atoms with van der Waals surface area (Å²) in [6.45, 7) is 0.814. The van der Waals surface area contributed by atoms with Crippen LogP contribution in [-0.4, -0.2) is 66.1 Å². The molecule has 3 atom stereocenters. The summed E-state index contributed by atoms with van der Waals surface area (Å²) in [5, 5.41) is 7.78. The largest absolute Gasteiger partial charge is 0.490 e. The SMILES string of the molecule is CN1C(=O)c2cc(NC(=O)Cc3cccs3)ccc2OC[C@@H]2O[C@H](CC(=O)NCCc3ccncc3)CC[C@@H]21. The lowest BCUT2D eigenvalue weighted by molar-refractivity contribution is -0.134. The van der Waals surface area contributed by atoms with Crippen LogP contribution in [0.15, 0.2) is 60.2 Å². The van der Waals surface area contributed by atoms with Crippen molar-refractivity contribution in [3.63, 3.8) is 0 Å². The fraction of sp³-hybridized carbons (Fsp3) is 0.379. The molecule has 10 heteroatoms. The second kappa shape index (κ2) is 12.4. The van der Waals surface area contributed by atoms with E-state index in [4.69, 9.17) is 9.47 Å². The summed E-state index contributed by atoms with van der Waals surface area (Å²) in [4.78, 5) is 45.1. The third-order valence-electron chi connectivity index (χ3n) is 7.11. The van der Waals surface area contributed by atoms with E-state index in [9.17, 15) is 14.4 Å². The predicted octanol–water partition coefficient (Wildman–Crippen LogP) is 3.45. The number of aromatic nitrogens is 1. The molecular weight excluding hydrogens is 516 g/mol. The Morgan fingerprint density at radius 2 is 1.97 bits per heavy atom. The number of carbonyl (C=O) groups excluding carboxylic acids is 3. The number of hydrogen-bond donors (Lipinski definition) is 2. The first kappa shape index (κ1) is 26.8. The molecule has 39 heavy (non-hydrogen) atoms. The van der Waals surface area contributed by atoms with Crippen LogP contribution in [0.5, 0.6) is 5.75 Å². The zero-order valence-corrected chi connectivity index (χ0v) is 22.6. The maximum atomic E-state index is 13.4. The summed E-state index contributed by atoms with van der Waals surface area (Å²) < 4.78 is 12.3. The van der Waals surface area contributed by atoms with Crippen LogP contribution in [-0.2, 0) is 27.2 Å². The summed E-state index contributed by atoms with van der Waals surface area (Å²) in [6.07, 6.45) is 5.56. The smallest absolute Gasteiger partial charge is 0.257 e. The van der Waals surface area contributed by atoms with Gasteiger partial charge in [-0.2, -0.15) is 0 Å². The summed E-state index contributed by atoms with van der Waals surface area (Å²) in [7, 11) is 1.77. The van der Waals surface area contributed by atoms with E-state index in [-0.39, 0.29) is 55.4 Å².